The number of hydrogen-bond donors (Lipinski definition) is 1. The quantitative estimate of drug-likeness (QED) is 0.450. The first-order valence-corrected chi connectivity index (χ1v) is 13.6. The minimum Gasteiger partial charge on any atom is -0.378 e. The van der Waals surface area contributed by atoms with Crippen LogP contribution in [-0.2, 0) is 15.7 Å². The van der Waals surface area contributed by atoms with Crippen molar-refractivity contribution in [2.75, 3.05) is 49.6 Å². The molecule has 0 spiro atoms. The van der Waals surface area contributed by atoms with Gasteiger partial charge in [0.2, 0.25) is 5.91 Å². The lowest BCUT2D eigenvalue weighted by Crippen LogP contribution is -2.36. The van der Waals surface area contributed by atoms with Crippen LogP contribution in [0.4, 0.5) is 24.5 Å². The van der Waals surface area contributed by atoms with Crippen molar-refractivity contribution in [1.82, 2.24) is 14.9 Å². The minimum absolute atomic E-state index is 0.0522. The highest BCUT2D eigenvalue weighted by Gasteiger charge is 2.33. The number of rotatable bonds is 4. The number of anilines is 2. The fraction of sp³-hybridized carbons (Fsp3) is 0.355. The Labute approximate surface area is 241 Å². The second-order valence-electron chi connectivity index (χ2n) is 10.3. The fourth-order valence-corrected chi connectivity index (χ4v) is 5.02. The van der Waals surface area contributed by atoms with E-state index in [-0.39, 0.29) is 17.4 Å². The Hall–Kier alpha value is -4.43. The van der Waals surface area contributed by atoms with Crippen molar-refractivity contribution in [3.05, 3.63) is 71.3 Å². The number of pyridine rings is 2. The number of morpholine rings is 1. The minimum atomic E-state index is -4.65. The number of halogens is 3. The second kappa shape index (κ2) is 12.2. The number of nitrogens with one attached hydrogen (secondary N) is 1. The predicted molar refractivity (Wildman–Crippen MR) is 152 cm³/mol. The largest absolute Gasteiger partial charge is 0.433 e. The molecule has 11 heteroatoms. The van der Waals surface area contributed by atoms with Crippen LogP contribution in [0.2, 0.25) is 0 Å². The molecule has 1 atom stereocenters. The van der Waals surface area contributed by atoms with E-state index in [1.165, 1.54) is 6.07 Å². The van der Waals surface area contributed by atoms with E-state index in [9.17, 15) is 22.8 Å². The van der Waals surface area contributed by atoms with E-state index in [4.69, 9.17) is 9.72 Å². The fourth-order valence-electron chi connectivity index (χ4n) is 5.02. The van der Waals surface area contributed by atoms with Crippen molar-refractivity contribution in [1.29, 1.82) is 0 Å². The van der Waals surface area contributed by atoms with Crippen LogP contribution in [0.5, 0.6) is 0 Å². The van der Waals surface area contributed by atoms with Crippen LogP contribution >= 0.6 is 0 Å². The third kappa shape index (κ3) is 6.71. The average molecular weight is 578 g/mol. The van der Waals surface area contributed by atoms with Crippen LogP contribution < -0.4 is 10.2 Å². The zero-order valence-electron chi connectivity index (χ0n) is 23.3. The van der Waals surface area contributed by atoms with Crippen molar-refractivity contribution in [3.63, 3.8) is 0 Å². The van der Waals surface area contributed by atoms with E-state index in [1.807, 2.05) is 19.1 Å². The first-order valence-electron chi connectivity index (χ1n) is 13.6. The van der Waals surface area contributed by atoms with Gasteiger partial charge in [-0.25, -0.2) is 4.98 Å². The molecule has 3 aromatic rings. The Balaban J connectivity index is 1.43. The zero-order valence-corrected chi connectivity index (χ0v) is 23.3. The summed E-state index contributed by atoms with van der Waals surface area (Å²) >= 11 is 0. The van der Waals surface area contributed by atoms with Crippen molar-refractivity contribution < 1.29 is 27.5 Å². The maximum Gasteiger partial charge on any atom is 0.433 e. The number of benzene rings is 1. The summed E-state index contributed by atoms with van der Waals surface area (Å²) < 4.78 is 44.8. The number of alkyl halides is 3. The summed E-state index contributed by atoms with van der Waals surface area (Å²) in [5.41, 5.74) is 3.22. The van der Waals surface area contributed by atoms with Crippen molar-refractivity contribution in [3.8, 4) is 23.0 Å². The van der Waals surface area contributed by atoms with Crippen LogP contribution in [0.3, 0.4) is 0 Å². The van der Waals surface area contributed by atoms with Gasteiger partial charge in [0.25, 0.3) is 5.91 Å². The number of likely N-dealkylation sites (tertiary alicyclic amines) is 1. The smallest absolute Gasteiger partial charge is 0.378 e. The zero-order chi connectivity index (χ0) is 29.9. The van der Waals surface area contributed by atoms with Gasteiger partial charge in [-0.05, 0) is 60.7 Å². The molecule has 0 aliphatic carbocycles. The van der Waals surface area contributed by atoms with Gasteiger partial charge in [0.1, 0.15) is 11.4 Å². The van der Waals surface area contributed by atoms with Gasteiger partial charge in [0, 0.05) is 68.2 Å². The van der Waals surface area contributed by atoms with Gasteiger partial charge in [-0.1, -0.05) is 12.0 Å². The first-order chi connectivity index (χ1) is 20.1. The molecule has 2 amide bonds. The summed E-state index contributed by atoms with van der Waals surface area (Å²) in [7, 11) is 0. The maximum absolute atomic E-state index is 13.1. The third-order valence-electron chi connectivity index (χ3n) is 7.37. The first kappa shape index (κ1) is 29.1. The Morgan fingerprint density at radius 3 is 2.57 bits per heavy atom. The summed E-state index contributed by atoms with van der Waals surface area (Å²) in [6.45, 7) is 7.35. The molecule has 0 radical (unpaired) electrons. The molecule has 42 heavy (non-hydrogen) atoms. The van der Waals surface area contributed by atoms with Crippen LogP contribution in [0.15, 0.2) is 48.8 Å². The molecule has 1 unspecified atom stereocenters. The summed E-state index contributed by atoms with van der Waals surface area (Å²) in [6.07, 6.45) is -1.13. The predicted octanol–water partition coefficient (Wildman–Crippen LogP) is 4.78. The van der Waals surface area contributed by atoms with Gasteiger partial charge in [0.15, 0.2) is 0 Å². The molecule has 2 saturated heterocycles. The molecule has 2 aromatic heterocycles. The molecule has 0 saturated carbocycles. The van der Waals surface area contributed by atoms with Gasteiger partial charge in [-0.3, -0.25) is 14.6 Å². The number of nitrogens with zero attached hydrogens (tertiary/aromatic N) is 4. The van der Waals surface area contributed by atoms with Gasteiger partial charge < -0.3 is 19.9 Å². The number of carbonyl (C=O) groups excluding carboxylic acids is 2. The van der Waals surface area contributed by atoms with E-state index in [1.54, 1.807) is 30.2 Å². The summed E-state index contributed by atoms with van der Waals surface area (Å²) in [6, 6.07) is 9.30. The normalized spacial score (nSPS) is 17.0. The molecule has 2 aliphatic rings. The summed E-state index contributed by atoms with van der Waals surface area (Å²) in [5, 5.41) is 2.69. The number of amides is 2. The lowest BCUT2D eigenvalue weighted by atomic mass is 10.00. The van der Waals surface area contributed by atoms with Crippen LogP contribution in [0.25, 0.3) is 11.1 Å². The average Bonchev–Trinajstić information content (AvgIpc) is 3.47. The highest BCUT2D eigenvalue weighted by Crippen LogP contribution is 2.32. The van der Waals surface area contributed by atoms with Gasteiger partial charge in [-0.15, -0.1) is 0 Å². The molecule has 8 nitrogen and oxygen atoms in total. The molecule has 0 bridgehead atoms. The highest BCUT2D eigenvalue weighted by atomic mass is 19.4. The Morgan fingerprint density at radius 2 is 1.86 bits per heavy atom. The molecular weight excluding hydrogens is 547 g/mol. The van der Waals surface area contributed by atoms with Crippen molar-refractivity contribution >= 4 is 23.2 Å². The molecular formula is C31H30F3N5O3. The highest BCUT2D eigenvalue weighted by molar-refractivity contribution is 6.04. The number of aromatic nitrogens is 2. The topological polar surface area (TPSA) is 87.7 Å². The number of hydrogen-bond acceptors (Lipinski definition) is 6. The number of ether oxygens (including phenoxy) is 1. The SMILES string of the molecule is CC(=O)N1CCC(C#Cc2ncc(-c3cc(NC(=O)c4ccnc(C(F)(F)F)c4)ccc3C)cc2N2CCOCC2)C1. The van der Waals surface area contributed by atoms with Crippen LogP contribution in [0, 0.1) is 24.7 Å². The van der Waals surface area contributed by atoms with E-state index in [0.717, 1.165) is 41.1 Å². The molecule has 1 aromatic carbocycles. The molecule has 1 N–H and O–H groups in total. The number of aryl methyl sites for hydroxylation is 1. The second-order valence-corrected chi connectivity index (χ2v) is 10.3. The van der Waals surface area contributed by atoms with Crippen LogP contribution in [-0.4, -0.2) is 66.1 Å². The molecule has 5 rings (SSSR count). The monoisotopic (exact) mass is 577 g/mol. The number of carbonyl (C=O) groups is 2. The Kier molecular flexibility index (Phi) is 8.45. The van der Waals surface area contributed by atoms with Crippen molar-refractivity contribution in [2.45, 2.75) is 26.4 Å². The van der Waals surface area contributed by atoms with Gasteiger partial charge >= 0.3 is 6.18 Å². The van der Waals surface area contributed by atoms with E-state index in [0.29, 0.717) is 50.8 Å². The summed E-state index contributed by atoms with van der Waals surface area (Å²) in [5.74, 6) is 6.02. The van der Waals surface area contributed by atoms with E-state index in [2.05, 4.69) is 27.0 Å². The third-order valence-corrected chi connectivity index (χ3v) is 7.37. The lowest BCUT2D eigenvalue weighted by molar-refractivity contribution is -0.141. The maximum atomic E-state index is 13.1. The molecule has 218 valence electrons. The molecule has 4 heterocycles. The van der Waals surface area contributed by atoms with Crippen LogP contribution in [0.1, 0.15) is 40.7 Å². The van der Waals surface area contributed by atoms with Crippen molar-refractivity contribution in [2.24, 2.45) is 5.92 Å². The van der Waals surface area contributed by atoms with Gasteiger partial charge in [0.05, 0.1) is 18.9 Å². The van der Waals surface area contributed by atoms with E-state index >= 15 is 0 Å². The lowest BCUT2D eigenvalue weighted by Gasteiger charge is -2.29. The molecule has 2 fully saturated rings. The Bertz CT molecular complexity index is 1560. The summed E-state index contributed by atoms with van der Waals surface area (Å²) in [4.78, 5) is 36.5. The van der Waals surface area contributed by atoms with E-state index < -0.39 is 17.8 Å². The molecule has 2 aliphatic heterocycles. The Morgan fingerprint density at radius 1 is 1.07 bits per heavy atom. The standard InChI is InChI=1S/C31H30F3N5O3/c1-20-3-5-25(37-30(41)23-7-9-35-29(16-23)31(32,33)34)17-26(20)24-15-28(38-11-13-42-14-12-38)27(36-18-24)6-4-22-8-10-39(19-22)21(2)40/h3,5,7,9,15-18,22H,8,10-14,19H2,1-2H3,(H,37,41). The van der Waals surface area contributed by atoms with Gasteiger partial charge in [-0.2, -0.15) is 13.2 Å².